The fourth-order valence-corrected chi connectivity index (χ4v) is 2.49. The molecular weight excluding hydrogens is 370 g/mol. The second kappa shape index (κ2) is 10.5. The number of carbonyl (C=O) groups is 2. The molecule has 156 valence electrons. The first-order valence-corrected chi connectivity index (χ1v) is 9.66. The zero-order valence-electron chi connectivity index (χ0n) is 17.4. The second-order valence-electron chi connectivity index (χ2n) is 7.63. The zero-order valence-corrected chi connectivity index (χ0v) is 17.4. The Morgan fingerprint density at radius 1 is 1.00 bits per heavy atom. The van der Waals surface area contributed by atoms with E-state index >= 15 is 0 Å². The normalized spacial score (nSPS) is 12.0. The first-order valence-electron chi connectivity index (χ1n) is 9.66. The molecule has 0 aliphatic heterocycles. The fourth-order valence-electron chi connectivity index (χ4n) is 2.49. The zero-order chi connectivity index (χ0) is 21.3. The molecule has 0 aromatic heterocycles. The van der Waals surface area contributed by atoms with Crippen molar-refractivity contribution >= 4 is 11.9 Å². The van der Waals surface area contributed by atoms with Crippen LogP contribution in [0.3, 0.4) is 0 Å². The average Bonchev–Trinajstić information content (AvgIpc) is 2.65. The van der Waals surface area contributed by atoms with Crippen molar-refractivity contribution in [3.05, 3.63) is 60.2 Å². The fraction of sp³-hybridized carbons (Fsp3) is 0.391. The van der Waals surface area contributed by atoms with Crippen LogP contribution in [0.5, 0.6) is 11.5 Å². The third-order valence-corrected chi connectivity index (χ3v) is 3.75. The first kappa shape index (κ1) is 22.3. The van der Waals surface area contributed by atoms with Gasteiger partial charge in [-0.25, -0.2) is 4.79 Å². The molecule has 0 aliphatic carbocycles. The number of ether oxygens (including phenoxy) is 3. The van der Waals surface area contributed by atoms with Gasteiger partial charge in [0.25, 0.3) is 0 Å². The van der Waals surface area contributed by atoms with Crippen molar-refractivity contribution in [3.8, 4) is 11.5 Å². The smallest absolute Gasteiger partial charge is 0.347 e. The molecule has 1 amide bonds. The summed E-state index contributed by atoms with van der Waals surface area (Å²) in [7, 11) is 0. The summed E-state index contributed by atoms with van der Waals surface area (Å²) in [6.45, 7) is 7.87. The number of benzene rings is 2. The Balaban J connectivity index is 1.78. The van der Waals surface area contributed by atoms with Crippen LogP contribution in [0.1, 0.15) is 33.3 Å². The molecule has 2 rings (SSSR count). The Bertz CT molecular complexity index is 798. The maximum Gasteiger partial charge on any atom is 0.347 e. The molecule has 29 heavy (non-hydrogen) atoms. The van der Waals surface area contributed by atoms with Gasteiger partial charge < -0.3 is 19.5 Å². The Morgan fingerprint density at radius 2 is 1.69 bits per heavy atom. The highest BCUT2D eigenvalue weighted by atomic mass is 16.6. The standard InChI is InChI=1S/C23H29NO5/c1-17(22(26)29-23(2,3)4)28-20-12-8-9-18(15-20)16-21(25)24-13-14-27-19-10-6-5-7-11-19/h5-12,15,17H,13-14,16H2,1-4H3,(H,24,25). The maximum absolute atomic E-state index is 12.1. The van der Waals surface area contributed by atoms with E-state index in [-0.39, 0.29) is 12.3 Å². The van der Waals surface area contributed by atoms with Crippen molar-refractivity contribution in [2.45, 2.75) is 45.8 Å². The highest BCUT2D eigenvalue weighted by molar-refractivity contribution is 5.78. The number of rotatable bonds is 9. The van der Waals surface area contributed by atoms with Gasteiger partial charge in [-0.2, -0.15) is 0 Å². The van der Waals surface area contributed by atoms with Gasteiger partial charge in [0, 0.05) is 0 Å². The van der Waals surface area contributed by atoms with Crippen LogP contribution in [-0.4, -0.2) is 36.7 Å². The molecule has 0 saturated heterocycles. The minimum Gasteiger partial charge on any atom is -0.492 e. The lowest BCUT2D eigenvalue weighted by Gasteiger charge is -2.22. The summed E-state index contributed by atoms with van der Waals surface area (Å²) in [5.41, 5.74) is 0.221. The van der Waals surface area contributed by atoms with Gasteiger partial charge in [-0.1, -0.05) is 30.3 Å². The molecule has 1 N–H and O–H groups in total. The van der Waals surface area contributed by atoms with Crippen molar-refractivity contribution in [1.82, 2.24) is 5.32 Å². The molecule has 0 radical (unpaired) electrons. The quantitative estimate of drug-likeness (QED) is 0.516. The molecule has 2 aromatic carbocycles. The topological polar surface area (TPSA) is 73.9 Å². The summed E-state index contributed by atoms with van der Waals surface area (Å²) in [5.74, 6) is 0.741. The van der Waals surface area contributed by atoms with Crippen LogP contribution in [0.4, 0.5) is 0 Å². The Hall–Kier alpha value is -3.02. The van der Waals surface area contributed by atoms with E-state index < -0.39 is 17.7 Å². The minimum atomic E-state index is -0.742. The van der Waals surface area contributed by atoms with E-state index in [4.69, 9.17) is 14.2 Å². The van der Waals surface area contributed by atoms with Gasteiger partial charge in [0.15, 0.2) is 6.10 Å². The van der Waals surface area contributed by atoms with Gasteiger partial charge in [-0.05, 0) is 57.5 Å². The summed E-state index contributed by atoms with van der Waals surface area (Å²) in [4.78, 5) is 24.2. The number of amides is 1. The largest absolute Gasteiger partial charge is 0.492 e. The molecule has 1 unspecified atom stereocenters. The summed E-state index contributed by atoms with van der Waals surface area (Å²) in [5, 5.41) is 2.83. The van der Waals surface area contributed by atoms with Crippen molar-refractivity contribution in [2.24, 2.45) is 0 Å². The number of nitrogens with one attached hydrogen (secondary N) is 1. The van der Waals surface area contributed by atoms with Crippen molar-refractivity contribution in [1.29, 1.82) is 0 Å². The SMILES string of the molecule is CC(Oc1cccc(CC(=O)NCCOc2ccccc2)c1)C(=O)OC(C)(C)C. The van der Waals surface area contributed by atoms with Gasteiger partial charge in [-0.3, -0.25) is 4.79 Å². The molecule has 0 aliphatic rings. The lowest BCUT2D eigenvalue weighted by Crippen LogP contribution is -2.33. The summed E-state index contributed by atoms with van der Waals surface area (Å²) in [6.07, 6.45) is -0.531. The van der Waals surface area contributed by atoms with E-state index in [9.17, 15) is 9.59 Å². The van der Waals surface area contributed by atoms with Gasteiger partial charge in [-0.15, -0.1) is 0 Å². The van der Waals surface area contributed by atoms with Crippen molar-refractivity contribution in [3.63, 3.8) is 0 Å². The van der Waals surface area contributed by atoms with Crippen LogP contribution in [0.2, 0.25) is 0 Å². The maximum atomic E-state index is 12.1. The van der Waals surface area contributed by atoms with Gasteiger partial charge in [0.2, 0.25) is 5.91 Å². The molecule has 1 atom stereocenters. The number of esters is 1. The highest BCUT2D eigenvalue weighted by Crippen LogP contribution is 2.17. The van der Waals surface area contributed by atoms with Crippen LogP contribution in [0, 0.1) is 0 Å². The number of hydrogen-bond acceptors (Lipinski definition) is 5. The van der Waals surface area contributed by atoms with E-state index in [1.807, 2.05) is 57.2 Å². The molecule has 0 heterocycles. The van der Waals surface area contributed by atoms with Gasteiger partial charge in [0.1, 0.15) is 23.7 Å². The Kier molecular flexibility index (Phi) is 8.07. The summed E-state index contributed by atoms with van der Waals surface area (Å²) >= 11 is 0. The average molecular weight is 399 g/mol. The summed E-state index contributed by atoms with van der Waals surface area (Å²) in [6, 6.07) is 16.6. The lowest BCUT2D eigenvalue weighted by atomic mass is 10.1. The predicted molar refractivity (Wildman–Crippen MR) is 111 cm³/mol. The number of carbonyl (C=O) groups excluding carboxylic acids is 2. The van der Waals surface area contributed by atoms with Crippen LogP contribution >= 0.6 is 0 Å². The molecular formula is C23H29NO5. The first-order chi connectivity index (χ1) is 13.7. The van der Waals surface area contributed by atoms with Crippen molar-refractivity contribution < 1.29 is 23.8 Å². The van der Waals surface area contributed by atoms with Crippen LogP contribution in [0.15, 0.2) is 54.6 Å². The monoisotopic (exact) mass is 399 g/mol. The van der Waals surface area contributed by atoms with Gasteiger partial charge >= 0.3 is 5.97 Å². The lowest BCUT2D eigenvalue weighted by molar-refractivity contribution is -0.162. The predicted octanol–water partition coefficient (Wildman–Crippen LogP) is 3.53. The van der Waals surface area contributed by atoms with Gasteiger partial charge in [0.05, 0.1) is 13.0 Å². The van der Waals surface area contributed by atoms with E-state index in [2.05, 4.69) is 5.32 Å². The number of hydrogen-bond donors (Lipinski definition) is 1. The third kappa shape index (κ3) is 8.68. The summed E-state index contributed by atoms with van der Waals surface area (Å²) < 4.78 is 16.5. The number of para-hydroxylation sites is 1. The van der Waals surface area contributed by atoms with E-state index in [0.717, 1.165) is 11.3 Å². The second-order valence-corrected chi connectivity index (χ2v) is 7.63. The van der Waals surface area contributed by atoms with Crippen LogP contribution < -0.4 is 14.8 Å². The molecule has 0 bridgehead atoms. The molecule has 2 aromatic rings. The van der Waals surface area contributed by atoms with E-state index in [1.165, 1.54) is 0 Å². The molecule has 6 nitrogen and oxygen atoms in total. The molecule has 6 heteroatoms. The van der Waals surface area contributed by atoms with Crippen LogP contribution in [0.25, 0.3) is 0 Å². The Labute approximate surface area is 172 Å². The third-order valence-electron chi connectivity index (χ3n) is 3.75. The Morgan fingerprint density at radius 3 is 2.38 bits per heavy atom. The van der Waals surface area contributed by atoms with E-state index in [1.54, 1.807) is 25.1 Å². The highest BCUT2D eigenvalue weighted by Gasteiger charge is 2.23. The molecule has 0 saturated carbocycles. The van der Waals surface area contributed by atoms with E-state index in [0.29, 0.717) is 18.9 Å². The van der Waals surface area contributed by atoms with Crippen LogP contribution in [-0.2, 0) is 20.7 Å². The van der Waals surface area contributed by atoms with Crippen molar-refractivity contribution in [2.75, 3.05) is 13.2 Å². The molecule has 0 fully saturated rings. The minimum absolute atomic E-state index is 0.112. The molecule has 0 spiro atoms.